The number of hydrogen-bond acceptors (Lipinski definition) is 2. The highest BCUT2D eigenvalue weighted by molar-refractivity contribution is 6.30. The topological polar surface area (TPSA) is 20.3 Å². The molecular weight excluding hydrogens is 246 g/mol. The minimum atomic E-state index is -0.0628. The van der Waals surface area contributed by atoms with Crippen LogP contribution in [0.2, 0.25) is 5.02 Å². The second-order valence-electron chi connectivity index (χ2n) is 5.02. The summed E-state index contributed by atoms with van der Waals surface area (Å²) >= 11 is 5.90. The van der Waals surface area contributed by atoms with E-state index in [1.54, 1.807) is 0 Å². The van der Waals surface area contributed by atoms with Crippen molar-refractivity contribution in [3.8, 4) is 0 Å². The first kappa shape index (κ1) is 15.2. The van der Waals surface area contributed by atoms with Gasteiger partial charge in [-0.25, -0.2) is 0 Å². The maximum Gasteiger partial charge on any atom is 0.144 e. The van der Waals surface area contributed by atoms with E-state index in [-0.39, 0.29) is 17.6 Å². The summed E-state index contributed by atoms with van der Waals surface area (Å²) in [5, 5.41) is 0.707. The van der Waals surface area contributed by atoms with Crippen molar-refractivity contribution in [3.63, 3.8) is 0 Å². The molecule has 18 heavy (non-hydrogen) atoms. The van der Waals surface area contributed by atoms with Crippen LogP contribution in [0, 0.1) is 5.92 Å². The van der Waals surface area contributed by atoms with Crippen LogP contribution in [0.5, 0.6) is 0 Å². The zero-order valence-electron chi connectivity index (χ0n) is 11.6. The molecule has 0 saturated heterocycles. The van der Waals surface area contributed by atoms with Gasteiger partial charge in [-0.05, 0) is 31.3 Å². The SMILES string of the molecule is CCN(C)CC(C(=O)C(C)C)c1ccc(Cl)cc1. The molecule has 2 nitrogen and oxygen atoms in total. The van der Waals surface area contributed by atoms with Crippen molar-refractivity contribution in [2.75, 3.05) is 20.1 Å². The van der Waals surface area contributed by atoms with Gasteiger partial charge in [0.1, 0.15) is 5.78 Å². The molecule has 1 atom stereocenters. The quantitative estimate of drug-likeness (QED) is 0.785. The Morgan fingerprint density at radius 2 is 1.83 bits per heavy atom. The summed E-state index contributed by atoms with van der Waals surface area (Å²) in [6.45, 7) is 7.71. The number of halogens is 1. The Morgan fingerprint density at radius 1 is 1.28 bits per heavy atom. The van der Waals surface area contributed by atoms with E-state index in [1.807, 2.05) is 45.2 Å². The second-order valence-corrected chi connectivity index (χ2v) is 5.45. The summed E-state index contributed by atoms with van der Waals surface area (Å²) in [5.41, 5.74) is 1.05. The van der Waals surface area contributed by atoms with Crippen molar-refractivity contribution >= 4 is 17.4 Å². The lowest BCUT2D eigenvalue weighted by Crippen LogP contribution is -2.30. The zero-order valence-corrected chi connectivity index (χ0v) is 12.4. The number of Topliss-reactive ketones (excluding diaryl/α,β-unsaturated/α-hetero) is 1. The number of carbonyl (C=O) groups excluding carboxylic acids is 1. The predicted molar refractivity (Wildman–Crippen MR) is 77.2 cm³/mol. The maximum atomic E-state index is 12.3. The fraction of sp³-hybridized carbons (Fsp3) is 0.533. The molecule has 0 fully saturated rings. The fourth-order valence-electron chi connectivity index (χ4n) is 1.90. The summed E-state index contributed by atoms with van der Waals surface area (Å²) in [5.74, 6) is 0.278. The number of likely N-dealkylation sites (N-methyl/N-ethyl adjacent to an activating group) is 1. The van der Waals surface area contributed by atoms with E-state index in [1.165, 1.54) is 0 Å². The number of carbonyl (C=O) groups is 1. The first-order valence-electron chi connectivity index (χ1n) is 6.43. The summed E-state index contributed by atoms with van der Waals surface area (Å²) in [6.07, 6.45) is 0. The largest absolute Gasteiger partial charge is 0.306 e. The van der Waals surface area contributed by atoms with E-state index < -0.39 is 0 Å². The van der Waals surface area contributed by atoms with Crippen molar-refractivity contribution in [2.45, 2.75) is 26.7 Å². The van der Waals surface area contributed by atoms with E-state index in [0.717, 1.165) is 18.7 Å². The Bertz CT molecular complexity index is 386. The monoisotopic (exact) mass is 267 g/mol. The standard InChI is InChI=1S/C15H22ClNO/c1-5-17(4)10-14(15(18)11(2)3)12-6-8-13(16)9-7-12/h6-9,11,14H,5,10H2,1-4H3. The van der Waals surface area contributed by atoms with Crippen LogP contribution in [0.25, 0.3) is 0 Å². The summed E-state index contributed by atoms with van der Waals surface area (Å²) in [7, 11) is 2.04. The van der Waals surface area contributed by atoms with Gasteiger partial charge in [-0.15, -0.1) is 0 Å². The second kappa shape index (κ2) is 6.91. The van der Waals surface area contributed by atoms with Gasteiger partial charge in [-0.2, -0.15) is 0 Å². The first-order valence-corrected chi connectivity index (χ1v) is 6.81. The Labute approximate surface area is 115 Å². The molecule has 0 saturated carbocycles. The van der Waals surface area contributed by atoms with Crippen LogP contribution in [0.1, 0.15) is 32.3 Å². The van der Waals surface area contributed by atoms with Crippen molar-refractivity contribution < 1.29 is 4.79 Å². The molecule has 3 heteroatoms. The Morgan fingerprint density at radius 3 is 2.28 bits per heavy atom. The van der Waals surface area contributed by atoms with Crippen LogP contribution in [0.15, 0.2) is 24.3 Å². The normalized spacial score (nSPS) is 13.1. The molecule has 0 amide bonds. The minimum absolute atomic E-state index is 0.0518. The van der Waals surface area contributed by atoms with Gasteiger partial charge < -0.3 is 4.90 Å². The van der Waals surface area contributed by atoms with Gasteiger partial charge in [0.2, 0.25) is 0 Å². The summed E-state index contributed by atoms with van der Waals surface area (Å²) < 4.78 is 0. The number of ketones is 1. The van der Waals surface area contributed by atoms with Crippen LogP contribution < -0.4 is 0 Å². The average molecular weight is 268 g/mol. The van der Waals surface area contributed by atoms with E-state index in [2.05, 4.69) is 11.8 Å². The molecule has 0 aromatic heterocycles. The Balaban J connectivity index is 2.96. The third kappa shape index (κ3) is 4.11. The van der Waals surface area contributed by atoms with Crippen molar-refractivity contribution in [2.24, 2.45) is 5.92 Å². The lowest BCUT2D eigenvalue weighted by atomic mass is 9.88. The third-order valence-corrected chi connectivity index (χ3v) is 3.47. The predicted octanol–water partition coefficient (Wildman–Crippen LogP) is 3.60. The van der Waals surface area contributed by atoms with Gasteiger partial charge in [0.25, 0.3) is 0 Å². The van der Waals surface area contributed by atoms with E-state index >= 15 is 0 Å². The zero-order chi connectivity index (χ0) is 13.7. The summed E-state index contributed by atoms with van der Waals surface area (Å²) in [4.78, 5) is 14.5. The molecule has 1 unspecified atom stereocenters. The number of nitrogens with zero attached hydrogens (tertiary/aromatic N) is 1. The molecule has 0 spiro atoms. The average Bonchev–Trinajstić information content (AvgIpc) is 2.36. The molecule has 0 radical (unpaired) electrons. The van der Waals surface area contributed by atoms with Gasteiger partial charge in [0, 0.05) is 17.5 Å². The van der Waals surface area contributed by atoms with E-state index in [0.29, 0.717) is 5.02 Å². The first-order chi connectivity index (χ1) is 8.45. The molecule has 100 valence electrons. The molecule has 1 aromatic rings. The van der Waals surface area contributed by atoms with Crippen molar-refractivity contribution in [1.29, 1.82) is 0 Å². The highest BCUT2D eigenvalue weighted by Crippen LogP contribution is 2.23. The van der Waals surface area contributed by atoms with Crippen molar-refractivity contribution in [3.05, 3.63) is 34.9 Å². The highest BCUT2D eigenvalue weighted by Gasteiger charge is 2.23. The van der Waals surface area contributed by atoms with Crippen LogP contribution in [0.4, 0.5) is 0 Å². The van der Waals surface area contributed by atoms with E-state index in [4.69, 9.17) is 11.6 Å². The van der Waals surface area contributed by atoms with Crippen LogP contribution in [-0.2, 0) is 4.79 Å². The summed E-state index contributed by atoms with van der Waals surface area (Å²) in [6, 6.07) is 7.61. The Hall–Kier alpha value is -0.860. The molecule has 1 rings (SSSR count). The van der Waals surface area contributed by atoms with Gasteiger partial charge in [-0.3, -0.25) is 4.79 Å². The number of benzene rings is 1. The third-order valence-electron chi connectivity index (χ3n) is 3.22. The maximum absolute atomic E-state index is 12.3. The molecule has 1 aromatic carbocycles. The molecular formula is C15H22ClNO. The van der Waals surface area contributed by atoms with Gasteiger partial charge in [-0.1, -0.05) is 44.5 Å². The lowest BCUT2D eigenvalue weighted by molar-refractivity contribution is -0.123. The van der Waals surface area contributed by atoms with E-state index in [9.17, 15) is 4.79 Å². The number of rotatable bonds is 6. The lowest BCUT2D eigenvalue weighted by Gasteiger charge is -2.24. The van der Waals surface area contributed by atoms with Crippen LogP contribution in [0.3, 0.4) is 0 Å². The highest BCUT2D eigenvalue weighted by atomic mass is 35.5. The minimum Gasteiger partial charge on any atom is -0.306 e. The van der Waals surface area contributed by atoms with Gasteiger partial charge >= 0.3 is 0 Å². The molecule has 0 bridgehead atoms. The molecule has 0 N–H and O–H groups in total. The van der Waals surface area contributed by atoms with Crippen molar-refractivity contribution in [1.82, 2.24) is 4.90 Å². The molecule has 0 aliphatic heterocycles. The van der Waals surface area contributed by atoms with Crippen LogP contribution in [-0.4, -0.2) is 30.8 Å². The molecule has 0 heterocycles. The molecule has 0 aliphatic rings. The smallest absolute Gasteiger partial charge is 0.144 e. The van der Waals surface area contributed by atoms with Gasteiger partial charge in [0.15, 0.2) is 0 Å². The molecule has 0 aliphatic carbocycles. The fourth-order valence-corrected chi connectivity index (χ4v) is 2.02. The van der Waals surface area contributed by atoms with Gasteiger partial charge in [0.05, 0.1) is 5.92 Å². The van der Waals surface area contributed by atoms with Crippen LogP contribution >= 0.6 is 11.6 Å². The Kier molecular flexibility index (Phi) is 5.83. The number of hydrogen-bond donors (Lipinski definition) is 0.